The predicted octanol–water partition coefficient (Wildman–Crippen LogP) is 8.53. The third-order valence-electron chi connectivity index (χ3n) is 7.83. The molecule has 0 spiro atoms. The smallest absolute Gasteiger partial charge is 0.0908 e. The summed E-state index contributed by atoms with van der Waals surface area (Å²) in [6, 6.07) is 11.6. The van der Waals surface area contributed by atoms with Crippen LogP contribution in [-0.2, 0) is 6.42 Å². The summed E-state index contributed by atoms with van der Waals surface area (Å²) < 4.78 is 0. The Morgan fingerprint density at radius 1 is 1.00 bits per heavy atom. The van der Waals surface area contributed by atoms with Gasteiger partial charge in [0.15, 0.2) is 0 Å². The van der Waals surface area contributed by atoms with Crippen molar-refractivity contribution < 1.29 is 0 Å². The Kier molecular flexibility index (Phi) is 9.26. The molecule has 0 aromatic heterocycles. The van der Waals surface area contributed by atoms with E-state index in [1.54, 1.807) is 17.2 Å². The minimum atomic E-state index is 0.755. The van der Waals surface area contributed by atoms with Gasteiger partial charge >= 0.3 is 0 Å². The summed E-state index contributed by atoms with van der Waals surface area (Å²) in [5.41, 5.74) is 4.64. The summed E-state index contributed by atoms with van der Waals surface area (Å²) in [5.74, 6) is 3.13. The minimum absolute atomic E-state index is 0.755. The zero-order valence-corrected chi connectivity index (χ0v) is 19.1. The molecule has 2 aliphatic rings. The van der Waals surface area contributed by atoms with E-state index in [1.165, 1.54) is 82.6 Å². The molecule has 1 aromatic carbocycles. The van der Waals surface area contributed by atoms with Gasteiger partial charge in [0.05, 0.1) is 6.07 Å². The molecule has 0 atom stereocenters. The summed E-state index contributed by atoms with van der Waals surface area (Å²) in [5, 5.41) is 8.60. The van der Waals surface area contributed by atoms with Crippen LogP contribution in [0.4, 0.5) is 0 Å². The molecule has 0 unspecified atom stereocenters. The molecular formula is C29H41N. The van der Waals surface area contributed by atoms with Crippen LogP contribution in [0.2, 0.25) is 0 Å². The van der Waals surface area contributed by atoms with Gasteiger partial charge < -0.3 is 0 Å². The first-order chi connectivity index (χ1) is 14.7. The van der Waals surface area contributed by atoms with E-state index in [0.717, 1.165) is 30.1 Å². The van der Waals surface area contributed by atoms with E-state index >= 15 is 0 Å². The number of rotatable bonds is 9. The highest BCUT2D eigenvalue weighted by atomic mass is 14.3. The van der Waals surface area contributed by atoms with E-state index in [4.69, 9.17) is 5.26 Å². The van der Waals surface area contributed by atoms with Crippen molar-refractivity contribution >= 4 is 0 Å². The summed E-state index contributed by atoms with van der Waals surface area (Å²) in [7, 11) is 0. The van der Waals surface area contributed by atoms with Gasteiger partial charge in [-0.05, 0) is 112 Å². The Morgan fingerprint density at radius 2 is 1.63 bits per heavy atom. The molecule has 1 heteroatoms. The second-order valence-corrected chi connectivity index (χ2v) is 9.80. The van der Waals surface area contributed by atoms with Gasteiger partial charge in [0.25, 0.3) is 0 Å². The largest absolute Gasteiger partial charge is 0.193 e. The number of allylic oxidation sites excluding steroid dienone is 3. The fourth-order valence-electron chi connectivity index (χ4n) is 5.76. The second kappa shape index (κ2) is 12.1. The zero-order valence-electron chi connectivity index (χ0n) is 19.1. The summed E-state index contributed by atoms with van der Waals surface area (Å²) in [6.45, 7) is 6.87. The van der Waals surface area contributed by atoms with Gasteiger partial charge in [0.2, 0.25) is 0 Å². The number of hydrogen-bond acceptors (Lipinski definition) is 1. The van der Waals surface area contributed by atoms with Crippen LogP contribution >= 0.6 is 0 Å². The maximum atomic E-state index is 8.60. The fraction of sp³-hybridized carbons (Fsp3) is 0.621. The van der Waals surface area contributed by atoms with E-state index in [-0.39, 0.29) is 0 Å². The number of nitriles is 1. The topological polar surface area (TPSA) is 23.8 Å². The average molecular weight is 404 g/mol. The highest BCUT2D eigenvalue weighted by Crippen LogP contribution is 2.44. The molecule has 2 saturated carbocycles. The van der Waals surface area contributed by atoms with E-state index < -0.39 is 0 Å². The highest BCUT2D eigenvalue weighted by molar-refractivity contribution is 5.26. The van der Waals surface area contributed by atoms with Gasteiger partial charge in [-0.25, -0.2) is 0 Å². The van der Waals surface area contributed by atoms with Crippen molar-refractivity contribution in [2.75, 3.05) is 0 Å². The van der Waals surface area contributed by atoms with Crippen molar-refractivity contribution in [1.29, 1.82) is 5.26 Å². The van der Waals surface area contributed by atoms with Gasteiger partial charge in [0.1, 0.15) is 0 Å². The van der Waals surface area contributed by atoms with Gasteiger partial charge in [0, 0.05) is 6.08 Å². The van der Waals surface area contributed by atoms with Crippen LogP contribution in [0.3, 0.4) is 0 Å². The highest BCUT2D eigenvalue weighted by Gasteiger charge is 2.29. The van der Waals surface area contributed by atoms with Crippen LogP contribution in [0.15, 0.2) is 48.6 Å². The first-order valence-electron chi connectivity index (χ1n) is 12.5. The van der Waals surface area contributed by atoms with Crippen molar-refractivity contribution in [2.24, 2.45) is 17.8 Å². The van der Waals surface area contributed by atoms with Gasteiger partial charge in [-0.15, -0.1) is 0 Å². The number of benzene rings is 1. The van der Waals surface area contributed by atoms with Crippen molar-refractivity contribution in [2.45, 2.75) is 96.3 Å². The molecule has 2 fully saturated rings. The molecule has 1 aromatic rings. The third-order valence-corrected chi connectivity index (χ3v) is 7.83. The van der Waals surface area contributed by atoms with Gasteiger partial charge in [-0.1, -0.05) is 55.8 Å². The van der Waals surface area contributed by atoms with Crippen LogP contribution in [0.5, 0.6) is 0 Å². The molecule has 1 nitrogen and oxygen atoms in total. The Balaban J connectivity index is 1.40. The van der Waals surface area contributed by atoms with Crippen molar-refractivity contribution in [1.82, 2.24) is 0 Å². The normalized spacial score (nSPS) is 27.1. The minimum Gasteiger partial charge on any atom is -0.193 e. The Bertz CT molecular complexity index is 704. The van der Waals surface area contributed by atoms with Crippen LogP contribution in [0, 0.1) is 29.1 Å². The number of hydrogen-bond donors (Lipinski definition) is 0. The van der Waals surface area contributed by atoms with Crippen molar-refractivity contribution in [3.63, 3.8) is 0 Å². The average Bonchev–Trinajstić information content (AvgIpc) is 2.81. The Morgan fingerprint density at radius 3 is 2.23 bits per heavy atom. The lowest BCUT2D eigenvalue weighted by atomic mass is 9.69. The molecule has 162 valence electrons. The lowest BCUT2D eigenvalue weighted by Gasteiger charge is -2.36. The quantitative estimate of drug-likeness (QED) is 0.299. The zero-order chi connectivity index (χ0) is 21.2. The third kappa shape index (κ3) is 6.60. The van der Waals surface area contributed by atoms with E-state index in [9.17, 15) is 0 Å². The van der Waals surface area contributed by atoms with Crippen LogP contribution in [0.1, 0.15) is 101 Å². The first kappa shape index (κ1) is 22.9. The van der Waals surface area contributed by atoms with Crippen LogP contribution in [0.25, 0.3) is 0 Å². The lowest BCUT2D eigenvalue weighted by Crippen LogP contribution is -2.22. The van der Waals surface area contributed by atoms with Crippen LogP contribution < -0.4 is 0 Å². The molecule has 3 rings (SSSR count). The monoisotopic (exact) mass is 403 g/mol. The standard InChI is InChI=1S/C29H41N/c1-3-4-8-24-12-16-28(17-13-24)29-20-18-27(19-21-29)23(2)26-14-10-25(11-15-26)9-6-5-7-22-30/h5,7,12-13,16-17,25-27,29H,2-4,6,8-11,14-15,18-21H2,1H3/b7-5+. The molecule has 0 heterocycles. The molecule has 0 N–H and O–H groups in total. The van der Waals surface area contributed by atoms with E-state index in [0.29, 0.717) is 0 Å². The molecule has 0 bridgehead atoms. The Labute approximate surface area is 185 Å². The molecule has 0 aliphatic heterocycles. The van der Waals surface area contributed by atoms with Crippen LogP contribution in [-0.4, -0.2) is 0 Å². The summed E-state index contributed by atoms with van der Waals surface area (Å²) >= 11 is 0. The maximum Gasteiger partial charge on any atom is 0.0908 e. The molecule has 2 aliphatic carbocycles. The molecule has 30 heavy (non-hydrogen) atoms. The summed E-state index contributed by atoms with van der Waals surface area (Å²) in [6.07, 6.45) is 20.5. The Hall–Kier alpha value is -1.81. The van der Waals surface area contributed by atoms with Crippen molar-refractivity contribution in [3.8, 4) is 6.07 Å². The van der Waals surface area contributed by atoms with Crippen molar-refractivity contribution in [3.05, 3.63) is 59.7 Å². The number of unbranched alkanes of at least 4 members (excludes halogenated alkanes) is 1. The molecule has 0 radical (unpaired) electrons. The SMILES string of the molecule is C=C(C1CCC(CC/C=C/C#N)CC1)C1CCC(c2ccc(CCCC)cc2)CC1. The maximum absolute atomic E-state index is 8.60. The molecule has 0 saturated heterocycles. The van der Waals surface area contributed by atoms with E-state index in [2.05, 4.69) is 43.8 Å². The first-order valence-corrected chi connectivity index (χ1v) is 12.5. The predicted molar refractivity (Wildman–Crippen MR) is 128 cm³/mol. The second-order valence-electron chi connectivity index (χ2n) is 9.80. The number of aryl methyl sites for hydroxylation is 1. The summed E-state index contributed by atoms with van der Waals surface area (Å²) in [4.78, 5) is 0. The molecule has 0 amide bonds. The number of nitrogens with zero attached hydrogens (tertiary/aromatic N) is 1. The lowest BCUT2D eigenvalue weighted by molar-refractivity contribution is 0.260. The molecular weight excluding hydrogens is 362 g/mol. The van der Waals surface area contributed by atoms with E-state index in [1.807, 2.05) is 6.08 Å². The van der Waals surface area contributed by atoms with Gasteiger partial charge in [-0.3, -0.25) is 0 Å². The van der Waals surface area contributed by atoms with Gasteiger partial charge in [-0.2, -0.15) is 5.26 Å². The fourth-order valence-corrected chi connectivity index (χ4v) is 5.76.